The highest BCUT2D eigenvalue weighted by Gasteiger charge is 2.30. The van der Waals surface area contributed by atoms with Gasteiger partial charge in [0.05, 0.1) is 35.3 Å². The van der Waals surface area contributed by atoms with Crippen molar-refractivity contribution in [3.63, 3.8) is 0 Å². The molecular formula is C26H31F2N7O2. The predicted molar refractivity (Wildman–Crippen MR) is 135 cm³/mol. The topological polar surface area (TPSA) is 108 Å². The predicted octanol–water partition coefficient (Wildman–Crippen LogP) is 2.87. The Morgan fingerprint density at radius 2 is 2.05 bits per heavy atom. The van der Waals surface area contributed by atoms with Crippen molar-refractivity contribution in [2.75, 3.05) is 25.0 Å². The molecule has 2 aromatic heterocycles. The number of hydrogen-bond donors (Lipinski definition) is 3. The lowest BCUT2D eigenvalue weighted by Gasteiger charge is -2.36. The average Bonchev–Trinajstić information content (AvgIpc) is 3.52. The van der Waals surface area contributed by atoms with Crippen LogP contribution in [-0.2, 0) is 0 Å². The number of piperidine rings is 1. The molecule has 0 bridgehead atoms. The maximum atomic E-state index is 14.8. The highest BCUT2D eigenvalue weighted by molar-refractivity contribution is 5.95. The molecule has 0 radical (unpaired) electrons. The number of halogens is 2. The van der Waals surface area contributed by atoms with Crippen molar-refractivity contribution in [1.82, 2.24) is 30.2 Å². The van der Waals surface area contributed by atoms with E-state index in [1.807, 2.05) is 11.0 Å². The molecule has 1 amide bonds. The van der Waals surface area contributed by atoms with Gasteiger partial charge in [-0.2, -0.15) is 0 Å². The van der Waals surface area contributed by atoms with Crippen LogP contribution in [0.4, 0.5) is 14.5 Å². The second kappa shape index (κ2) is 10.5. The molecule has 1 aromatic carbocycles. The largest absolute Gasteiger partial charge is 0.392 e. The minimum absolute atomic E-state index is 0.0299. The summed E-state index contributed by atoms with van der Waals surface area (Å²) in [6.07, 6.45) is 5.83. The molecule has 196 valence electrons. The lowest BCUT2D eigenvalue weighted by Crippen LogP contribution is -2.49. The molecule has 1 aliphatic carbocycles. The molecule has 37 heavy (non-hydrogen) atoms. The van der Waals surface area contributed by atoms with Gasteiger partial charge >= 0.3 is 0 Å². The van der Waals surface area contributed by atoms with Gasteiger partial charge in [-0.3, -0.25) is 14.7 Å². The summed E-state index contributed by atoms with van der Waals surface area (Å²) in [6.45, 7) is 4.87. The van der Waals surface area contributed by atoms with Gasteiger partial charge < -0.3 is 15.7 Å². The van der Waals surface area contributed by atoms with Gasteiger partial charge in [0.25, 0.3) is 5.91 Å². The first-order valence-electron chi connectivity index (χ1n) is 12.6. The number of aryl methyl sites for hydroxylation is 1. The number of rotatable bonds is 8. The maximum Gasteiger partial charge on any atom is 0.254 e. The molecule has 3 aromatic rings. The first-order chi connectivity index (χ1) is 17.8. The number of nitrogens with zero attached hydrogens (tertiary/aromatic N) is 5. The van der Waals surface area contributed by atoms with Gasteiger partial charge in [0.2, 0.25) is 0 Å². The molecular weight excluding hydrogens is 480 g/mol. The molecule has 5 rings (SSSR count). The van der Waals surface area contributed by atoms with Crippen LogP contribution in [0.25, 0.3) is 16.9 Å². The summed E-state index contributed by atoms with van der Waals surface area (Å²) in [5.74, 6) is -1.02. The Hall–Kier alpha value is -3.44. The second-order valence-electron chi connectivity index (χ2n) is 10.0. The van der Waals surface area contributed by atoms with E-state index in [9.17, 15) is 18.7 Å². The van der Waals surface area contributed by atoms with E-state index in [1.165, 1.54) is 16.8 Å². The maximum absolute atomic E-state index is 14.8. The lowest BCUT2D eigenvalue weighted by molar-refractivity contribution is 0.0760. The monoisotopic (exact) mass is 511 g/mol. The van der Waals surface area contributed by atoms with Gasteiger partial charge in [0.1, 0.15) is 17.7 Å². The summed E-state index contributed by atoms with van der Waals surface area (Å²) in [5, 5.41) is 24.1. The molecule has 2 fully saturated rings. The number of benzene rings is 1. The molecule has 3 atom stereocenters. The zero-order chi connectivity index (χ0) is 26.1. The smallest absolute Gasteiger partial charge is 0.254 e. The second-order valence-corrected chi connectivity index (χ2v) is 10.0. The number of aromatic nitrogens is 4. The molecule has 2 aliphatic rings. The number of alkyl halides is 1. The van der Waals surface area contributed by atoms with E-state index in [0.717, 1.165) is 12.8 Å². The SMILES string of the molecule is Cc1cc(F)c(C(=O)NC2CC2)cc1-n1cc(-c2cncc(NC3CCN(C[C@@H](C)O)C[C@H]3F)c2)nn1. The number of amides is 1. The van der Waals surface area contributed by atoms with Crippen molar-refractivity contribution in [2.45, 2.75) is 57.5 Å². The van der Waals surface area contributed by atoms with Crippen molar-refractivity contribution in [3.05, 3.63) is 53.7 Å². The van der Waals surface area contributed by atoms with Crippen LogP contribution in [0, 0.1) is 12.7 Å². The van der Waals surface area contributed by atoms with Crippen LogP contribution >= 0.6 is 0 Å². The van der Waals surface area contributed by atoms with Crippen LogP contribution in [0.2, 0.25) is 0 Å². The number of aliphatic hydroxyl groups excluding tert-OH is 1. The number of aliphatic hydroxyl groups is 1. The quantitative estimate of drug-likeness (QED) is 0.427. The van der Waals surface area contributed by atoms with Crippen LogP contribution in [0.1, 0.15) is 42.1 Å². The van der Waals surface area contributed by atoms with Gasteiger partial charge in [-0.15, -0.1) is 5.10 Å². The Morgan fingerprint density at radius 1 is 1.24 bits per heavy atom. The molecule has 1 unspecified atom stereocenters. The third-order valence-corrected chi connectivity index (χ3v) is 6.72. The summed E-state index contributed by atoms with van der Waals surface area (Å²) < 4.78 is 30.8. The van der Waals surface area contributed by atoms with Gasteiger partial charge in [-0.05, 0) is 56.9 Å². The molecule has 0 spiro atoms. The molecule has 3 heterocycles. The third-order valence-electron chi connectivity index (χ3n) is 6.72. The molecule has 1 saturated carbocycles. The molecule has 1 saturated heterocycles. The van der Waals surface area contributed by atoms with Gasteiger partial charge in [0, 0.05) is 43.6 Å². The van der Waals surface area contributed by atoms with Gasteiger partial charge in [-0.25, -0.2) is 13.5 Å². The van der Waals surface area contributed by atoms with Crippen LogP contribution in [-0.4, -0.2) is 79.9 Å². The number of likely N-dealkylation sites (tertiary alicyclic amines) is 1. The highest BCUT2D eigenvalue weighted by atomic mass is 19.1. The van der Waals surface area contributed by atoms with Crippen LogP contribution in [0.15, 0.2) is 36.8 Å². The Kier molecular flexibility index (Phi) is 7.16. The molecule has 3 N–H and O–H groups in total. The normalized spacial score (nSPS) is 21.0. The summed E-state index contributed by atoms with van der Waals surface area (Å²) in [6, 6.07) is 4.40. The van der Waals surface area contributed by atoms with E-state index < -0.39 is 24.0 Å². The van der Waals surface area contributed by atoms with Crippen LogP contribution < -0.4 is 10.6 Å². The van der Waals surface area contributed by atoms with Crippen LogP contribution in [0.5, 0.6) is 0 Å². The van der Waals surface area contributed by atoms with E-state index >= 15 is 0 Å². The Balaban J connectivity index is 1.31. The molecule has 1 aliphatic heterocycles. The zero-order valence-electron chi connectivity index (χ0n) is 20.9. The first-order valence-corrected chi connectivity index (χ1v) is 12.6. The van der Waals surface area contributed by atoms with E-state index in [2.05, 4.69) is 25.9 Å². The number of hydrogen-bond acceptors (Lipinski definition) is 7. The molecule has 9 nitrogen and oxygen atoms in total. The zero-order valence-corrected chi connectivity index (χ0v) is 20.9. The van der Waals surface area contributed by atoms with Crippen LogP contribution in [0.3, 0.4) is 0 Å². The minimum Gasteiger partial charge on any atom is -0.392 e. The summed E-state index contributed by atoms with van der Waals surface area (Å²) in [7, 11) is 0. The van der Waals surface area contributed by atoms with E-state index in [4.69, 9.17) is 0 Å². The highest BCUT2D eigenvalue weighted by Crippen LogP contribution is 2.26. The number of pyridine rings is 1. The standard InChI is InChI=1S/C26H31F2N7O2/c1-15-7-21(27)20(26(37)31-18-3-4-18)9-25(15)35-14-24(32-33-35)17-8-19(11-29-10-17)30-23-5-6-34(12-16(2)36)13-22(23)28/h7-11,14,16,18,22-23,30,36H,3-6,12-13H2,1-2H3,(H,31,37)/t16-,22-,23?/m1/s1. The number of nitrogens with one attached hydrogen (secondary N) is 2. The number of β-amino-alcohol motifs (C(OH)–C–C–N with tert-alkyl or cyclic N) is 1. The number of carbonyl (C=O) groups excluding carboxylic acids is 1. The fourth-order valence-corrected chi connectivity index (χ4v) is 4.63. The number of anilines is 1. The van der Waals surface area contributed by atoms with Gasteiger partial charge in [-0.1, -0.05) is 5.21 Å². The van der Waals surface area contributed by atoms with Crippen molar-refractivity contribution >= 4 is 11.6 Å². The van der Waals surface area contributed by atoms with E-state index in [1.54, 1.807) is 32.4 Å². The van der Waals surface area contributed by atoms with Crippen molar-refractivity contribution < 1.29 is 18.7 Å². The van der Waals surface area contributed by atoms with Crippen molar-refractivity contribution in [1.29, 1.82) is 0 Å². The fraction of sp³-hybridized carbons (Fsp3) is 0.462. The summed E-state index contributed by atoms with van der Waals surface area (Å²) >= 11 is 0. The van der Waals surface area contributed by atoms with Crippen molar-refractivity contribution in [2.24, 2.45) is 0 Å². The summed E-state index contributed by atoms with van der Waals surface area (Å²) in [5.41, 5.74) is 3.02. The Morgan fingerprint density at radius 3 is 2.78 bits per heavy atom. The van der Waals surface area contributed by atoms with E-state index in [0.29, 0.717) is 47.7 Å². The third kappa shape index (κ3) is 5.94. The Labute approximate surface area is 213 Å². The number of carbonyl (C=O) groups is 1. The van der Waals surface area contributed by atoms with Gasteiger partial charge in [0.15, 0.2) is 0 Å². The molecule has 11 heteroatoms. The van der Waals surface area contributed by atoms with Crippen molar-refractivity contribution in [3.8, 4) is 16.9 Å². The average molecular weight is 512 g/mol. The minimum atomic E-state index is -1.08. The Bertz CT molecular complexity index is 1280. The lowest BCUT2D eigenvalue weighted by atomic mass is 10.0. The fourth-order valence-electron chi connectivity index (χ4n) is 4.63. The summed E-state index contributed by atoms with van der Waals surface area (Å²) in [4.78, 5) is 18.7. The van der Waals surface area contributed by atoms with E-state index in [-0.39, 0.29) is 24.2 Å². The first kappa shape index (κ1) is 25.2.